The normalized spacial score (nSPS) is 14.6. The van der Waals surface area contributed by atoms with E-state index in [2.05, 4.69) is 10.2 Å². The quantitative estimate of drug-likeness (QED) is 0.385. The molecule has 0 aliphatic carbocycles. The van der Waals surface area contributed by atoms with Gasteiger partial charge >= 0.3 is 6.03 Å². The fourth-order valence-electron chi connectivity index (χ4n) is 4.68. The van der Waals surface area contributed by atoms with Crippen LogP contribution in [0.4, 0.5) is 14.9 Å². The van der Waals surface area contributed by atoms with E-state index in [-0.39, 0.29) is 32.3 Å². The first-order valence-electron chi connectivity index (χ1n) is 13.3. The second-order valence-corrected chi connectivity index (χ2v) is 9.69. The monoisotopic (exact) mass is 552 g/mol. The van der Waals surface area contributed by atoms with E-state index in [1.165, 1.54) is 23.1 Å². The van der Waals surface area contributed by atoms with Crippen molar-refractivity contribution in [3.05, 3.63) is 78.0 Å². The lowest BCUT2D eigenvalue weighted by Gasteiger charge is -2.30. The van der Waals surface area contributed by atoms with Gasteiger partial charge in [-0.3, -0.25) is 9.69 Å². The van der Waals surface area contributed by atoms with Crippen molar-refractivity contribution in [3.8, 4) is 11.5 Å². The number of hydrogen-bond donors (Lipinski definition) is 1. The number of nitrogens with zero attached hydrogens (tertiary/aromatic N) is 3. The molecule has 2 aliphatic rings. The average molecular weight is 553 g/mol. The molecule has 1 fully saturated rings. The first-order valence-corrected chi connectivity index (χ1v) is 13.3. The van der Waals surface area contributed by atoms with Crippen LogP contribution in [0.15, 0.2) is 65.3 Å². The molecular formula is C29H33FN4O6. The van der Waals surface area contributed by atoms with Gasteiger partial charge in [0, 0.05) is 38.4 Å². The third-order valence-corrected chi connectivity index (χ3v) is 6.79. The van der Waals surface area contributed by atoms with Gasteiger partial charge in [-0.05, 0) is 54.4 Å². The first kappa shape index (κ1) is 27.5. The Kier molecular flexibility index (Phi) is 9.15. The van der Waals surface area contributed by atoms with Crippen LogP contribution >= 0.6 is 0 Å². The highest BCUT2D eigenvalue weighted by Gasteiger charge is 2.24. The Morgan fingerprint density at radius 1 is 0.950 bits per heavy atom. The molecule has 3 aromatic rings. The number of carbonyl (C=O) groups excluding carboxylic acids is 2. The van der Waals surface area contributed by atoms with Crippen LogP contribution < -0.4 is 14.8 Å². The summed E-state index contributed by atoms with van der Waals surface area (Å²) in [5.74, 6) is 1.20. The molecule has 40 heavy (non-hydrogen) atoms. The Morgan fingerprint density at radius 3 is 2.60 bits per heavy atom. The lowest BCUT2D eigenvalue weighted by atomic mass is 10.2. The average Bonchev–Trinajstić information content (AvgIpc) is 3.64. The molecule has 0 atom stereocenters. The number of nitrogens with one attached hydrogen (secondary N) is 1. The number of fused-ring (bicyclic) bond motifs is 1. The fraction of sp³-hybridized carbons (Fsp3) is 0.379. The van der Waals surface area contributed by atoms with Crippen LogP contribution in [0.2, 0.25) is 0 Å². The van der Waals surface area contributed by atoms with Gasteiger partial charge in [-0.25, -0.2) is 9.18 Å². The molecule has 10 nitrogen and oxygen atoms in total. The number of amides is 3. The van der Waals surface area contributed by atoms with Crippen molar-refractivity contribution in [2.24, 2.45) is 0 Å². The minimum Gasteiger partial charge on any atom is -0.467 e. The van der Waals surface area contributed by atoms with E-state index in [9.17, 15) is 14.0 Å². The minimum atomic E-state index is -0.470. The SMILES string of the molecule is O=C(CN(CCCN1CCOCC1)C(=O)Nc1cccc(F)c1)N(Cc1ccc2c(c1)OCO2)Cc1ccco1. The van der Waals surface area contributed by atoms with Crippen molar-refractivity contribution in [3.63, 3.8) is 0 Å². The van der Waals surface area contributed by atoms with Crippen LogP contribution in [0.25, 0.3) is 0 Å². The van der Waals surface area contributed by atoms with E-state index >= 15 is 0 Å². The lowest BCUT2D eigenvalue weighted by molar-refractivity contribution is -0.133. The summed E-state index contributed by atoms with van der Waals surface area (Å²) in [6, 6.07) is 14.3. The van der Waals surface area contributed by atoms with Crippen molar-refractivity contribution in [2.45, 2.75) is 19.5 Å². The van der Waals surface area contributed by atoms with Gasteiger partial charge in [-0.1, -0.05) is 12.1 Å². The van der Waals surface area contributed by atoms with E-state index in [1.807, 2.05) is 18.2 Å². The summed E-state index contributed by atoms with van der Waals surface area (Å²) in [6.45, 7) is 4.67. The molecule has 0 unspecified atom stereocenters. The summed E-state index contributed by atoms with van der Waals surface area (Å²) < 4.78 is 35.6. The number of anilines is 1. The van der Waals surface area contributed by atoms with Gasteiger partial charge in [0.15, 0.2) is 11.5 Å². The third kappa shape index (κ3) is 7.51. The summed E-state index contributed by atoms with van der Waals surface area (Å²) in [6.07, 6.45) is 2.23. The molecule has 1 saturated heterocycles. The molecule has 11 heteroatoms. The van der Waals surface area contributed by atoms with E-state index in [0.717, 1.165) is 25.2 Å². The van der Waals surface area contributed by atoms with Crippen LogP contribution in [-0.2, 0) is 22.6 Å². The number of carbonyl (C=O) groups is 2. The highest BCUT2D eigenvalue weighted by Crippen LogP contribution is 2.33. The molecule has 2 aliphatic heterocycles. The summed E-state index contributed by atoms with van der Waals surface area (Å²) in [4.78, 5) is 32.4. The summed E-state index contributed by atoms with van der Waals surface area (Å²) in [5.41, 5.74) is 1.18. The molecular weight excluding hydrogens is 519 g/mol. The van der Waals surface area contributed by atoms with Crippen LogP contribution in [0, 0.1) is 5.82 Å². The molecule has 5 rings (SSSR count). The number of urea groups is 1. The van der Waals surface area contributed by atoms with Gasteiger partial charge in [0.2, 0.25) is 12.7 Å². The molecule has 0 spiro atoms. The van der Waals surface area contributed by atoms with Gasteiger partial charge in [0.1, 0.15) is 18.1 Å². The first-order chi connectivity index (χ1) is 19.5. The summed E-state index contributed by atoms with van der Waals surface area (Å²) in [7, 11) is 0. The third-order valence-electron chi connectivity index (χ3n) is 6.79. The number of rotatable bonds is 11. The predicted octanol–water partition coefficient (Wildman–Crippen LogP) is 3.93. The highest BCUT2D eigenvalue weighted by molar-refractivity contribution is 5.92. The van der Waals surface area contributed by atoms with Crippen molar-refractivity contribution >= 4 is 17.6 Å². The molecule has 3 heterocycles. The highest BCUT2D eigenvalue weighted by atomic mass is 19.1. The number of morpholine rings is 1. The van der Waals surface area contributed by atoms with E-state index < -0.39 is 11.8 Å². The Bertz CT molecular complexity index is 1280. The van der Waals surface area contributed by atoms with Crippen LogP contribution in [0.3, 0.4) is 0 Å². The van der Waals surface area contributed by atoms with Crippen LogP contribution in [-0.4, -0.2) is 79.4 Å². The van der Waals surface area contributed by atoms with Crippen molar-refractivity contribution < 1.29 is 32.6 Å². The summed E-state index contributed by atoms with van der Waals surface area (Å²) >= 11 is 0. The standard InChI is InChI=1S/C29H33FN4O6/c30-23-4-1-5-24(17-23)31-29(36)33(10-3-9-32-11-14-37-15-12-32)20-28(35)34(19-25-6-2-13-38-25)18-22-7-8-26-27(16-22)40-21-39-26/h1-2,4-8,13,16-17H,3,9-12,14-15,18-21H2,(H,31,36). The van der Waals surface area contributed by atoms with E-state index in [0.29, 0.717) is 49.1 Å². The maximum Gasteiger partial charge on any atom is 0.322 e. The second kappa shape index (κ2) is 13.3. The number of furan rings is 1. The number of halogens is 1. The van der Waals surface area contributed by atoms with Gasteiger partial charge in [0.25, 0.3) is 0 Å². The molecule has 1 aromatic heterocycles. The Balaban J connectivity index is 1.29. The molecule has 212 valence electrons. The van der Waals surface area contributed by atoms with Crippen LogP contribution in [0.1, 0.15) is 17.7 Å². The molecule has 3 amide bonds. The van der Waals surface area contributed by atoms with E-state index in [4.69, 9.17) is 18.6 Å². The lowest BCUT2D eigenvalue weighted by Crippen LogP contribution is -2.45. The van der Waals surface area contributed by atoms with Gasteiger partial charge in [-0.15, -0.1) is 0 Å². The van der Waals surface area contributed by atoms with Gasteiger partial charge < -0.3 is 33.7 Å². The predicted molar refractivity (Wildman–Crippen MR) is 144 cm³/mol. The number of ether oxygens (including phenoxy) is 3. The van der Waals surface area contributed by atoms with E-state index in [1.54, 1.807) is 29.4 Å². The molecule has 1 N–H and O–H groups in total. The topological polar surface area (TPSA) is 96.7 Å². The maximum absolute atomic E-state index is 13.7. The largest absolute Gasteiger partial charge is 0.467 e. The molecule has 2 aromatic carbocycles. The zero-order chi connectivity index (χ0) is 27.7. The van der Waals surface area contributed by atoms with Gasteiger partial charge in [0.05, 0.1) is 26.0 Å². The van der Waals surface area contributed by atoms with Crippen molar-refractivity contribution in [2.75, 3.05) is 58.0 Å². The molecule has 0 bridgehead atoms. The minimum absolute atomic E-state index is 0.157. The Hall–Kier alpha value is -4.09. The molecule has 0 radical (unpaired) electrons. The number of hydrogen-bond acceptors (Lipinski definition) is 7. The van der Waals surface area contributed by atoms with Crippen molar-refractivity contribution in [1.29, 1.82) is 0 Å². The van der Waals surface area contributed by atoms with Crippen molar-refractivity contribution in [1.82, 2.24) is 14.7 Å². The maximum atomic E-state index is 13.7. The smallest absolute Gasteiger partial charge is 0.322 e. The zero-order valence-electron chi connectivity index (χ0n) is 22.2. The summed E-state index contributed by atoms with van der Waals surface area (Å²) in [5, 5.41) is 2.73. The Morgan fingerprint density at radius 2 is 1.80 bits per heavy atom. The fourth-order valence-corrected chi connectivity index (χ4v) is 4.68. The number of benzene rings is 2. The van der Waals surface area contributed by atoms with Gasteiger partial charge in [-0.2, -0.15) is 0 Å². The zero-order valence-corrected chi connectivity index (χ0v) is 22.2. The Labute approximate surface area is 232 Å². The second-order valence-electron chi connectivity index (χ2n) is 9.69. The molecule has 0 saturated carbocycles. The van der Waals surface area contributed by atoms with Crippen LogP contribution in [0.5, 0.6) is 11.5 Å².